The van der Waals surface area contributed by atoms with Crippen molar-refractivity contribution >= 4 is 53.0 Å². The number of thiocarbonyl (C=S) groups is 1. The van der Waals surface area contributed by atoms with Crippen LogP contribution in [0.3, 0.4) is 0 Å². The zero-order valence-electron chi connectivity index (χ0n) is 17.5. The van der Waals surface area contributed by atoms with Crippen LogP contribution in [0.1, 0.15) is 50.5 Å². The first-order chi connectivity index (χ1) is 14.5. The third-order valence-electron chi connectivity index (χ3n) is 5.79. The Morgan fingerprint density at radius 3 is 2.58 bits per heavy atom. The lowest BCUT2D eigenvalue weighted by Gasteiger charge is -2.26. The number of halogens is 1. The summed E-state index contributed by atoms with van der Waals surface area (Å²) in [6, 6.07) is 6.23. The molecular weight excluding hydrogens is 456 g/mol. The topological polar surface area (TPSA) is 96.3 Å². The van der Waals surface area contributed by atoms with Gasteiger partial charge in [-0.3, -0.25) is 20.2 Å². The molecule has 1 aliphatic heterocycles. The second kappa shape index (κ2) is 13.2. The van der Waals surface area contributed by atoms with Gasteiger partial charge in [-0.05, 0) is 24.3 Å². The summed E-state index contributed by atoms with van der Waals surface area (Å²) in [5.41, 5.74) is 0.980. The van der Waals surface area contributed by atoms with E-state index in [0.717, 1.165) is 36.6 Å². The number of hydrogen-bond donors (Lipinski definition) is 3. The average molecular weight is 487 g/mol. The number of hydrogen-bond acceptors (Lipinski definition) is 6. The first-order valence-corrected chi connectivity index (χ1v) is 12.1. The van der Waals surface area contributed by atoms with Crippen molar-refractivity contribution in [3.05, 3.63) is 39.9 Å². The Bertz CT molecular complexity index is 739. The van der Waals surface area contributed by atoms with E-state index in [1.54, 1.807) is 23.9 Å². The largest absolute Gasteiger partial charge is 0.374 e. The van der Waals surface area contributed by atoms with E-state index in [-0.39, 0.29) is 35.4 Å². The fourth-order valence-electron chi connectivity index (χ4n) is 4.04. The van der Waals surface area contributed by atoms with E-state index in [9.17, 15) is 14.9 Å². The Hall–Kier alpha value is -1.42. The molecular formula is C21H31ClN4O3S2. The summed E-state index contributed by atoms with van der Waals surface area (Å²) >= 11 is 7.26. The van der Waals surface area contributed by atoms with Gasteiger partial charge in [-0.2, -0.15) is 0 Å². The smallest absolute Gasteiger partial charge is 0.269 e. The molecule has 0 unspecified atom stereocenters. The number of thioether (sulfide) groups is 1. The second-order valence-corrected chi connectivity index (χ2v) is 9.64. The maximum absolute atomic E-state index is 12.6. The number of carbonyl (C=O) groups is 1. The van der Waals surface area contributed by atoms with E-state index in [0.29, 0.717) is 11.5 Å². The van der Waals surface area contributed by atoms with Gasteiger partial charge in [-0.15, -0.1) is 24.2 Å². The predicted octanol–water partition coefficient (Wildman–Crippen LogP) is 3.94. The first-order valence-electron chi connectivity index (χ1n) is 10.7. The Morgan fingerprint density at radius 2 is 1.97 bits per heavy atom. The first kappa shape index (κ1) is 25.8. The molecule has 1 saturated carbocycles. The summed E-state index contributed by atoms with van der Waals surface area (Å²) in [7, 11) is 0. The van der Waals surface area contributed by atoms with Crippen LogP contribution in [0.25, 0.3) is 0 Å². The highest BCUT2D eigenvalue weighted by molar-refractivity contribution is 8.00. The molecule has 3 N–H and O–H groups in total. The van der Waals surface area contributed by atoms with E-state index >= 15 is 0 Å². The van der Waals surface area contributed by atoms with E-state index < -0.39 is 4.92 Å². The maximum atomic E-state index is 12.6. The van der Waals surface area contributed by atoms with E-state index in [1.807, 2.05) is 0 Å². The normalized spacial score (nSPS) is 19.8. The van der Waals surface area contributed by atoms with Crippen molar-refractivity contribution in [2.75, 3.05) is 12.3 Å². The summed E-state index contributed by atoms with van der Waals surface area (Å²) in [6.07, 6.45) is 8.36. The highest BCUT2D eigenvalue weighted by Crippen LogP contribution is 2.28. The lowest BCUT2D eigenvalue weighted by Crippen LogP contribution is -2.50. The van der Waals surface area contributed by atoms with Crippen LogP contribution in [0.4, 0.5) is 5.69 Å². The van der Waals surface area contributed by atoms with Crippen LogP contribution in [-0.4, -0.2) is 39.5 Å². The number of nitro benzene ring substituents is 1. The lowest BCUT2D eigenvalue weighted by atomic mass is 9.85. The quantitative estimate of drug-likeness (QED) is 0.276. The summed E-state index contributed by atoms with van der Waals surface area (Å²) in [6.45, 7) is 1.32. The minimum Gasteiger partial charge on any atom is -0.374 e. The van der Waals surface area contributed by atoms with Gasteiger partial charge in [0.1, 0.15) is 5.37 Å². The van der Waals surface area contributed by atoms with Gasteiger partial charge >= 0.3 is 0 Å². The van der Waals surface area contributed by atoms with Gasteiger partial charge in [0.05, 0.1) is 16.0 Å². The van der Waals surface area contributed by atoms with Crippen molar-refractivity contribution in [2.24, 2.45) is 5.92 Å². The number of amides is 1. The van der Waals surface area contributed by atoms with Crippen LogP contribution in [0, 0.1) is 16.0 Å². The number of nitro groups is 1. The van der Waals surface area contributed by atoms with E-state index in [4.69, 9.17) is 12.2 Å². The maximum Gasteiger partial charge on any atom is 0.269 e. The van der Waals surface area contributed by atoms with Gasteiger partial charge in [-0.25, -0.2) is 0 Å². The van der Waals surface area contributed by atoms with Crippen LogP contribution < -0.4 is 16.0 Å². The number of rotatable bonds is 9. The van der Waals surface area contributed by atoms with Crippen LogP contribution in [-0.2, 0) is 11.3 Å². The molecule has 2 aliphatic rings. The molecule has 1 aromatic carbocycles. The number of nitrogens with zero attached hydrogens (tertiary/aromatic N) is 1. The summed E-state index contributed by atoms with van der Waals surface area (Å²) < 4.78 is 0. The van der Waals surface area contributed by atoms with Crippen molar-refractivity contribution in [3.63, 3.8) is 0 Å². The minimum atomic E-state index is -0.409. The molecule has 7 nitrogen and oxygen atoms in total. The average Bonchev–Trinajstić information content (AvgIpc) is 3.31. The van der Waals surface area contributed by atoms with Crippen molar-refractivity contribution in [1.29, 1.82) is 0 Å². The van der Waals surface area contributed by atoms with E-state index in [1.165, 1.54) is 44.2 Å². The molecule has 1 heterocycles. The summed E-state index contributed by atoms with van der Waals surface area (Å²) in [5, 5.41) is 20.2. The van der Waals surface area contributed by atoms with Gasteiger partial charge in [0.15, 0.2) is 0 Å². The fraction of sp³-hybridized carbons (Fsp3) is 0.619. The fourth-order valence-corrected chi connectivity index (χ4v) is 5.21. The molecule has 0 radical (unpaired) electrons. The lowest BCUT2D eigenvalue weighted by molar-refractivity contribution is -0.384. The van der Waals surface area contributed by atoms with Crippen LogP contribution in [0.2, 0.25) is 0 Å². The predicted molar refractivity (Wildman–Crippen MR) is 132 cm³/mol. The monoisotopic (exact) mass is 486 g/mol. The summed E-state index contributed by atoms with van der Waals surface area (Å²) in [4.78, 5) is 23.7. The Labute approximate surface area is 199 Å². The molecule has 2 fully saturated rings. The molecule has 1 aliphatic carbocycles. The zero-order chi connectivity index (χ0) is 21.3. The Kier molecular flexibility index (Phi) is 11.0. The second-order valence-electron chi connectivity index (χ2n) is 7.99. The van der Waals surface area contributed by atoms with Gasteiger partial charge in [0, 0.05) is 31.0 Å². The highest BCUT2D eigenvalue weighted by Gasteiger charge is 2.27. The van der Waals surface area contributed by atoms with Gasteiger partial charge < -0.3 is 10.6 Å². The molecule has 3 rings (SSSR count). The number of carbonyl (C=O) groups excluding carboxylic acids is 1. The number of nitrogens with one attached hydrogen (secondary N) is 3. The SMILES string of the molecule is Cl.O=C(N[C@H](CCC1CCCCC1)C(=S)NCc1ccc([N+](=O)[O-])cc1)[C@H]1NCCS1. The molecule has 1 aromatic rings. The van der Waals surface area contributed by atoms with Crippen LogP contribution in [0.15, 0.2) is 24.3 Å². The van der Waals surface area contributed by atoms with E-state index in [2.05, 4.69) is 16.0 Å². The van der Waals surface area contributed by atoms with Gasteiger partial charge in [-0.1, -0.05) is 56.5 Å². The third-order valence-corrected chi connectivity index (χ3v) is 7.37. The van der Waals surface area contributed by atoms with Crippen molar-refractivity contribution < 1.29 is 9.72 Å². The third kappa shape index (κ3) is 8.21. The number of non-ortho nitro benzene ring substituents is 1. The molecule has 10 heteroatoms. The van der Waals surface area contributed by atoms with Gasteiger partial charge in [0.25, 0.3) is 5.69 Å². The molecule has 0 bridgehead atoms. The molecule has 0 spiro atoms. The Morgan fingerprint density at radius 1 is 1.26 bits per heavy atom. The molecule has 31 heavy (non-hydrogen) atoms. The van der Waals surface area contributed by atoms with Crippen LogP contribution in [0.5, 0.6) is 0 Å². The molecule has 2 atom stereocenters. The van der Waals surface area contributed by atoms with Crippen molar-refractivity contribution in [3.8, 4) is 0 Å². The molecule has 172 valence electrons. The standard InChI is InChI=1S/C21H30N4O3S2.ClH/c26-19(21-22-12-13-30-21)24-18(11-8-15-4-2-1-3-5-15)20(29)23-14-16-6-9-17(10-7-16)25(27)28;/h6-7,9-10,15,18,21-22H,1-5,8,11-14H2,(H,23,29)(H,24,26);1H/t18-,21+;/m1./s1. The molecule has 1 saturated heterocycles. The Balaban J connectivity index is 0.00000341. The van der Waals surface area contributed by atoms with Crippen LogP contribution >= 0.6 is 36.4 Å². The summed E-state index contributed by atoms with van der Waals surface area (Å²) in [5.74, 6) is 1.65. The van der Waals surface area contributed by atoms with Gasteiger partial charge in [0.2, 0.25) is 5.91 Å². The van der Waals surface area contributed by atoms with Crippen molar-refractivity contribution in [1.82, 2.24) is 16.0 Å². The molecule has 0 aromatic heterocycles. The molecule has 1 amide bonds. The minimum absolute atomic E-state index is 0. The highest BCUT2D eigenvalue weighted by atomic mass is 35.5. The number of benzene rings is 1. The zero-order valence-corrected chi connectivity index (χ0v) is 20.0. The van der Waals surface area contributed by atoms with Crippen molar-refractivity contribution in [2.45, 2.75) is 62.9 Å².